The first-order chi connectivity index (χ1) is 16.4. The van der Waals surface area contributed by atoms with Crippen LogP contribution in [0.4, 0.5) is 0 Å². The number of carbonyl (C=O) groups excluding carboxylic acids is 3. The summed E-state index contributed by atoms with van der Waals surface area (Å²) >= 11 is 0. The van der Waals surface area contributed by atoms with Crippen molar-refractivity contribution in [1.82, 2.24) is 5.32 Å². The zero-order chi connectivity index (χ0) is 24.0. The number of Topliss-reactive ketones (excluding diaryl/α,β-unsaturated/α-hetero) is 1. The fourth-order valence-corrected chi connectivity index (χ4v) is 5.60. The Kier molecular flexibility index (Phi) is 5.83. The summed E-state index contributed by atoms with van der Waals surface area (Å²) in [7, 11) is 1.29. The second-order valence-corrected chi connectivity index (χ2v) is 9.46. The molecule has 2 aliphatic carbocycles. The van der Waals surface area contributed by atoms with Crippen molar-refractivity contribution < 1.29 is 33.3 Å². The van der Waals surface area contributed by atoms with E-state index in [-0.39, 0.29) is 24.6 Å². The Morgan fingerprint density at radius 1 is 1.12 bits per heavy atom. The van der Waals surface area contributed by atoms with Crippen LogP contribution in [0.2, 0.25) is 0 Å². The van der Waals surface area contributed by atoms with Gasteiger partial charge in [0, 0.05) is 22.9 Å². The molecule has 2 aliphatic heterocycles. The Hall–Kier alpha value is -3.29. The quantitative estimate of drug-likeness (QED) is 0.530. The van der Waals surface area contributed by atoms with Crippen LogP contribution in [-0.2, 0) is 23.9 Å². The van der Waals surface area contributed by atoms with Crippen molar-refractivity contribution in [1.29, 1.82) is 0 Å². The van der Waals surface area contributed by atoms with Crippen LogP contribution in [-0.4, -0.2) is 37.7 Å². The number of benzene rings is 1. The second-order valence-electron chi connectivity index (χ2n) is 9.46. The molecule has 1 saturated carbocycles. The largest absolute Gasteiger partial charge is 0.468 e. The average molecular weight is 468 g/mol. The van der Waals surface area contributed by atoms with Gasteiger partial charge in [-0.3, -0.25) is 9.59 Å². The third-order valence-corrected chi connectivity index (χ3v) is 7.27. The zero-order valence-electron chi connectivity index (χ0n) is 19.6. The van der Waals surface area contributed by atoms with E-state index >= 15 is 0 Å². The van der Waals surface area contributed by atoms with E-state index < -0.39 is 23.8 Å². The van der Waals surface area contributed by atoms with Crippen LogP contribution in [0.15, 0.2) is 40.7 Å². The minimum absolute atomic E-state index is 0.116. The molecule has 3 atom stereocenters. The maximum atomic E-state index is 13.8. The highest BCUT2D eigenvalue weighted by atomic mass is 16.7. The first-order valence-electron chi connectivity index (χ1n) is 11.8. The molecule has 1 N–H and O–H groups in total. The molecule has 0 amide bonds. The summed E-state index contributed by atoms with van der Waals surface area (Å²) in [6.07, 6.45) is 4.12. The molecule has 5 rings (SSSR count). The number of dihydropyridines is 1. The summed E-state index contributed by atoms with van der Waals surface area (Å²) in [5, 5.41) is 3.29. The number of hydrogen-bond acceptors (Lipinski definition) is 8. The Morgan fingerprint density at radius 2 is 1.85 bits per heavy atom. The standard InChI is InChI=1S/C26H29NO7/c1-13-10-17-23(24(28)20(13)25(29)31-3)22(15-8-9-18-19(11-15)33-12-32-18)21(14(2)27-17)26(30)34-16-6-4-5-7-16/h8-9,11,13,16,20,22,27H,4-7,10,12H2,1-3H3/t13-,20-,22+/m0/s1. The van der Waals surface area contributed by atoms with E-state index in [0.717, 1.165) is 31.4 Å². The van der Waals surface area contributed by atoms with Gasteiger partial charge in [-0.05, 0) is 62.6 Å². The molecule has 180 valence electrons. The van der Waals surface area contributed by atoms with Gasteiger partial charge in [-0.25, -0.2) is 4.79 Å². The van der Waals surface area contributed by atoms with Gasteiger partial charge in [0.05, 0.1) is 12.7 Å². The molecule has 0 spiro atoms. The van der Waals surface area contributed by atoms with Crippen molar-refractivity contribution in [2.75, 3.05) is 13.9 Å². The average Bonchev–Trinajstić information content (AvgIpc) is 3.49. The fourth-order valence-electron chi connectivity index (χ4n) is 5.60. The maximum absolute atomic E-state index is 13.8. The number of hydrogen-bond donors (Lipinski definition) is 1. The van der Waals surface area contributed by atoms with E-state index in [1.54, 1.807) is 12.1 Å². The van der Waals surface area contributed by atoms with E-state index in [9.17, 15) is 14.4 Å². The molecule has 4 aliphatic rings. The Balaban J connectivity index is 1.60. The van der Waals surface area contributed by atoms with Crippen molar-refractivity contribution in [2.24, 2.45) is 11.8 Å². The van der Waals surface area contributed by atoms with Gasteiger partial charge in [-0.2, -0.15) is 0 Å². The number of fused-ring (bicyclic) bond motifs is 1. The number of methoxy groups -OCH3 is 1. The van der Waals surface area contributed by atoms with Gasteiger partial charge in [0.25, 0.3) is 0 Å². The normalized spacial score (nSPS) is 26.3. The summed E-state index contributed by atoms with van der Waals surface area (Å²) < 4.78 is 21.9. The van der Waals surface area contributed by atoms with Crippen LogP contribution >= 0.6 is 0 Å². The number of allylic oxidation sites excluding steroid dienone is 3. The summed E-state index contributed by atoms with van der Waals surface area (Å²) in [5.41, 5.74) is 2.89. The SMILES string of the molecule is COC(=O)[C@@H]1C(=O)C2=C(C[C@@H]1C)NC(C)=C(C(=O)OC1CCCC1)[C@H]2c1ccc2c(c1)OCO2. The molecule has 1 aromatic rings. The molecule has 34 heavy (non-hydrogen) atoms. The fraction of sp³-hybridized carbons (Fsp3) is 0.500. The predicted molar refractivity (Wildman–Crippen MR) is 121 cm³/mol. The molecule has 0 saturated heterocycles. The van der Waals surface area contributed by atoms with Crippen LogP contribution in [0.1, 0.15) is 57.4 Å². The number of esters is 2. The number of nitrogens with one attached hydrogen (secondary N) is 1. The lowest BCUT2D eigenvalue weighted by atomic mass is 9.69. The highest BCUT2D eigenvalue weighted by molar-refractivity contribution is 6.12. The van der Waals surface area contributed by atoms with E-state index in [1.165, 1.54) is 7.11 Å². The van der Waals surface area contributed by atoms with Gasteiger partial charge < -0.3 is 24.3 Å². The third-order valence-electron chi connectivity index (χ3n) is 7.27. The predicted octanol–water partition coefficient (Wildman–Crippen LogP) is 3.51. The van der Waals surface area contributed by atoms with Gasteiger partial charge in [-0.15, -0.1) is 0 Å². The Bertz CT molecular complexity index is 1110. The molecule has 8 heteroatoms. The smallest absolute Gasteiger partial charge is 0.337 e. The van der Waals surface area contributed by atoms with Gasteiger partial charge in [0.15, 0.2) is 17.3 Å². The van der Waals surface area contributed by atoms with E-state index in [4.69, 9.17) is 18.9 Å². The first-order valence-corrected chi connectivity index (χ1v) is 11.8. The minimum atomic E-state index is -0.924. The zero-order valence-corrected chi connectivity index (χ0v) is 19.6. The minimum Gasteiger partial charge on any atom is -0.468 e. The third kappa shape index (κ3) is 3.75. The first kappa shape index (κ1) is 22.5. The summed E-state index contributed by atoms with van der Waals surface area (Å²) in [4.78, 5) is 39.8. The lowest BCUT2D eigenvalue weighted by Gasteiger charge is -2.38. The lowest BCUT2D eigenvalue weighted by Crippen LogP contribution is -2.43. The van der Waals surface area contributed by atoms with Crippen molar-refractivity contribution >= 4 is 17.7 Å². The van der Waals surface area contributed by atoms with E-state index in [0.29, 0.717) is 40.3 Å². The second kappa shape index (κ2) is 8.81. The highest BCUT2D eigenvalue weighted by Gasteiger charge is 2.47. The molecular formula is C26H29NO7. The van der Waals surface area contributed by atoms with Crippen LogP contribution in [0.5, 0.6) is 11.5 Å². The van der Waals surface area contributed by atoms with Crippen LogP contribution in [0.25, 0.3) is 0 Å². The van der Waals surface area contributed by atoms with E-state index in [1.807, 2.05) is 19.9 Å². The van der Waals surface area contributed by atoms with Crippen LogP contribution < -0.4 is 14.8 Å². The van der Waals surface area contributed by atoms with E-state index in [2.05, 4.69) is 5.32 Å². The molecule has 1 aromatic carbocycles. The molecule has 0 aromatic heterocycles. The molecule has 8 nitrogen and oxygen atoms in total. The Morgan fingerprint density at radius 3 is 2.59 bits per heavy atom. The molecule has 0 unspecified atom stereocenters. The summed E-state index contributed by atoms with van der Waals surface area (Å²) in [6, 6.07) is 5.42. The van der Waals surface area contributed by atoms with Crippen molar-refractivity contribution in [3.63, 3.8) is 0 Å². The molecular weight excluding hydrogens is 438 g/mol. The van der Waals surface area contributed by atoms with Crippen molar-refractivity contribution in [3.8, 4) is 11.5 Å². The van der Waals surface area contributed by atoms with Crippen LogP contribution in [0.3, 0.4) is 0 Å². The summed E-state index contributed by atoms with van der Waals surface area (Å²) in [5.74, 6) is -2.00. The highest BCUT2D eigenvalue weighted by Crippen LogP contribution is 2.47. The Labute approximate surface area is 198 Å². The molecule has 1 fully saturated rings. The molecule has 2 heterocycles. The van der Waals surface area contributed by atoms with Gasteiger partial charge in [0.1, 0.15) is 12.0 Å². The number of ether oxygens (including phenoxy) is 4. The summed E-state index contributed by atoms with van der Waals surface area (Å²) in [6.45, 7) is 3.81. The van der Waals surface area contributed by atoms with Gasteiger partial charge >= 0.3 is 11.9 Å². The topological polar surface area (TPSA) is 100 Å². The maximum Gasteiger partial charge on any atom is 0.337 e. The number of carbonyl (C=O) groups is 3. The lowest BCUT2D eigenvalue weighted by molar-refractivity contribution is -0.151. The number of rotatable bonds is 4. The van der Waals surface area contributed by atoms with Gasteiger partial charge in [-0.1, -0.05) is 13.0 Å². The number of ketones is 1. The molecule has 0 bridgehead atoms. The van der Waals surface area contributed by atoms with Crippen LogP contribution in [0, 0.1) is 11.8 Å². The van der Waals surface area contributed by atoms with Crippen molar-refractivity contribution in [3.05, 3.63) is 46.3 Å². The van der Waals surface area contributed by atoms with Gasteiger partial charge in [0.2, 0.25) is 6.79 Å². The van der Waals surface area contributed by atoms with Crippen molar-refractivity contribution in [2.45, 2.75) is 58.0 Å². The monoisotopic (exact) mass is 467 g/mol. The molecule has 0 radical (unpaired) electrons.